The first kappa shape index (κ1) is 14.3. The van der Waals surface area contributed by atoms with Gasteiger partial charge in [0.15, 0.2) is 9.84 Å². The van der Waals surface area contributed by atoms with Crippen LogP contribution < -0.4 is 10.1 Å². The van der Waals surface area contributed by atoms with Crippen LogP contribution in [0.1, 0.15) is 25.3 Å². The molecule has 19 heavy (non-hydrogen) atoms. The maximum absolute atomic E-state index is 11.6. The van der Waals surface area contributed by atoms with E-state index in [4.69, 9.17) is 4.74 Å². The first-order valence-corrected chi connectivity index (χ1v) is 8.57. The van der Waals surface area contributed by atoms with Crippen molar-refractivity contribution in [3.05, 3.63) is 29.8 Å². The Morgan fingerprint density at radius 3 is 2.89 bits per heavy atom. The molecular formula is C14H21NO3S. The Kier molecular flexibility index (Phi) is 4.82. The number of rotatable bonds is 5. The largest absolute Gasteiger partial charge is 0.494 e. The van der Waals surface area contributed by atoms with E-state index in [9.17, 15) is 8.42 Å². The summed E-state index contributed by atoms with van der Waals surface area (Å²) in [6, 6.07) is 7.93. The zero-order chi connectivity index (χ0) is 13.7. The molecule has 1 aliphatic rings. The number of sulfone groups is 1. The average molecular weight is 283 g/mol. The summed E-state index contributed by atoms with van der Waals surface area (Å²) in [5.41, 5.74) is 1.08. The van der Waals surface area contributed by atoms with Crippen molar-refractivity contribution in [3.63, 3.8) is 0 Å². The fourth-order valence-corrected chi connectivity index (χ4v) is 4.06. The molecule has 0 amide bonds. The van der Waals surface area contributed by atoms with Gasteiger partial charge in [-0.05, 0) is 25.8 Å². The molecule has 1 unspecified atom stereocenters. The minimum atomic E-state index is -2.85. The number of nitrogens with one attached hydrogen (secondary N) is 1. The highest BCUT2D eigenvalue weighted by molar-refractivity contribution is 7.91. The lowest BCUT2D eigenvalue weighted by Gasteiger charge is -2.23. The van der Waals surface area contributed by atoms with Crippen LogP contribution in [-0.4, -0.2) is 32.6 Å². The van der Waals surface area contributed by atoms with Crippen LogP contribution >= 0.6 is 0 Å². The van der Waals surface area contributed by atoms with Gasteiger partial charge in [0.1, 0.15) is 5.75 Å². The third-order valence-electron chi connectivity index (χ3n) is 3.32. The fraction of sp³-hybridized carbons (Fsp3) is 0.571. The molecule has 1 heterocycles. The standard InChI is InChI=1S/C14H21NO3S/c1-2-18-14-8-4-3-6-12(14)10-15-13-7-5-9-19(16,17)11-13/h3-4,6,8,13,15H,2,5,7,9-11H2,1H3. The Morgan fingerprint density at radius 2 is 2.16 bits per heavy atom. The number of para-hydroxylation sites is 1. The minimum absolute atomic E-state index is 0.0634. The maximum Gasteiger partial charge on any atom is 0.151 e. The van der Waals surface area contributed by atoms with Crippen molar-refractivity contribution in [3.8, 4) is 5.75 Å². The summed E-state index contributed by atoms with van der Waals surface area (Å²) >= 11 is 0. The van der Waals surface area contributed by atoms with Crippen molar-refractivity contribution in [1.29, 1.82) is 0 Å². The van der Waals surface area contributed by atoms with E-state index >= 15 is 0 Å². The lowest BCUT2D eigenvalue weighted by Crippen LogP contribution is -2.39. The van der Waals surface area contributed by atoms with E-state index in [1.165, 1.54) is 0 Å². The van der Waals surface area contributed by atoms with Gasteiger partial charge in [-0.15, -0.1) is 0 Å². The van der Waals surface area contributed by atoms with Gasteiger partial charge in [-0.3, -0.25) is 0 Å². The second kappa shape index (κ2) is 6.39. The quantitative estimate of drug-likeness (QED) is 0.894. The molecule has 1 aromatic rings. The lowest BCUT2D eigenvalue weighted by atomic mass is 10.1. The van der Waals surface area contributed by atoms with Gasteiger partial charge in [0, 0.05) is 18.2 Å². The van der Waals surface area contributed by atoms with Crippen molar-refractivity contribution in [2.45, 2.75) is 32.4 Å². The van der Waals surface area contributed by atoms with Crippen molar-refractivity contribution in [2.75, 3.05) is 18.1 Å². The highest BCUT2D eigenvalue weighted by Crippen LogP contribution is 2.19. The molecular weight excluding hydrogens is 262 g/mol. The van der Waals surface area contributed by atoms with E-state index in [2.05, 4.69) is 5.32 Å². The van der Waals surface area contributed by atoms with E-state index in [1.54, 1.807) is 0 Å². The van der Waals surface area contributed by atoms with E-state index < -0.39 is 9.84 Å². The number of hydrogen-bond acceptors (Lipinski definition) is 4. The van der Waals surface area contributed by atoms with Gasteiger partial charge < -0.3 is 10.1 Å². The van der Waals surface area contributed by atoms with E-state index in [0.29, 0.717) is 18.9 Å². The Bertz CT molecular complexity index is 513. The topological polar surface area (TPSA) is 55.4 Å². The zero-order valence-electron chi connectivity index (χ0n) is 11.3. The van der Waals surface area contributed by atoms with Crippen LogP contribution in [0.25, 0.3) is 0 Å². The average Bonchev–Trinajstić information content (AvgIpc) is 2.37. The highest BCUT2D eigenvalue weighted by Gasteiger charge is 2.24. The van der Waals surface area contributed by atoms with E-state index in [0.717, 1.165) is 24.2 Å². The van der Waals surface area contributed by atoms with Crippen LogP contribution in [0.4, 0.5) is 0 Å². The Balaban J connectivity index is 1.95. The molecule has 0 spiro atoms. The van der Waals surface area contributed by atoms with Gasteiger partial charge >= 0.3 is 0 Å². The van der Waals surface area contributed by atoms with Crippen LogP contribution in [0.2, 0.25) is 0 Å². The lowest BCUT2D eigenvalue weighted by molar-refractivity contribution is 0.334. The molecule has 0 aromatic heterocycles. The smallest absolute Gasteiger partial charge is 0.151 e. The second-order valence-electron chi connectivity index (χ2n) is 4.88. The molecule has 1 atom stereocenters. The summed E-state index contributed by atoms with van der Waals surface area (Å²) in [4.78, 5) is 0. The molecule has 0 aliphatic carbocycles. The van der Waals surface area contributed by atoms with E-state index in [-0.39, 0.29) is 11.8 Å². The summed E-state index contributed by atoms with van der Waals surface area (Å²) in [5.74, 6) is 1.46. The molecule has 0 radical (unpaired) electrons. The molecule has 0 saturated carbocycles. The van der Waals surface area contributed by atoms with Gasteiger partial charge in [-0.1, -0.05) is 18.2 Å². The number of hydrogen-bond donors (Lipinski definition) is 1. The molecule has 4 nitrogen and oxygen atoms in total. The van der Waals surface area contributed by atoms with Gasteiger partial charge in [-0.2, -0.15) is 0 Å². The number of benzene rings is 1. The van der Waals surface area contributed by atoms with Crippen molar-refractivity contribution in [1.82, 2.24) is 5.32 Å². The van der Waals surface area contributed by atoms with Crippen molar-refractivity contribution < 1.29 is 13.2 Å². The molecule has 1 aliphatic heterocycles. The van der Waals surface area contributed by atoms with Gasteiger partial charge in [-0.25, -0.2) is 8.42 Å². The van der Waals surface area contributed by atoms with Crippen LogP contribution in [0.15, 0.2) is 24.3 Å². The summed E-state index contributed by atoms with van der Waals surface area (Å²) < 4.78 is 28.7. The van der Waals surface area contributed by atoms with Crippen LogP contribution in [0.5, 0.6) is 5.75 Å². The van der Waals surface area contributed by atoms with Crippen LogP contribution in [0.3, 0.4) is 0 Å². The van der Waals surface area contributed by atoms with E-state index in [1.807, 2.05) is 31.2 Å². The molecule has 0 bridgehead atoms. The normalized spacial score (nSPS) is 22.1. The summed E-state index contributed by atoms with van der Waals surface area (Å²) in [6.07, 6.45) is 1.68. The van der Waals surface area contributed by atoms with Crippen molar-refractivity contribution >= 4 is 9.84 Å². The summed E-state index contributed by atoms with van der Waals surface area (Å²) in [6.45, 7) is 3.24. The van der Waals surface area contributed by atoms with Gasteiger partial charge in [0.2, 0.25) is 0 Å². The number of ether oxygens (including phenoxy) is 1. The Morgan fingerprint density at radius 1 is 1.37 bits per heavy atom. The molecule has 1 aromatic carbocycles. The van der Waals surface area contributed by atoms with Crippen LogP contribution in [-0.2, 0) is 16.4 Å². The molecule has 5 heteroatoms. The minimum Gasteiger partial charge on any atom is -0.494 e. The molecule has 1 fully saturated rings. The monoisotopic (exact) mass is 283 g/mol. The molecule has 2 rings (SSSR count). The highest BCUT2D eigenvalue weighted by atomic mass is 32.2. The Labute approximate surface area is 115 Å². The van der Waals surface area contributed by atoms with Crippen molar-refractivity contribution in [2.24, 2.45) is 0 Å². The first-order chi connectivity index (χ1) is 9.11. The third kappa shape index (κ3) is 4.21. The predicted molar refractivity (Wildman–Crippen MR) is 76.1 cm³/mol. The van der Waals surface area contributed by atoms with Gasteiger partial charge in [0.25, 0.3) is 0 Å². The first-order valence-electron chi connectivity index (χ1n) is 6.75. The van der Waals surface area contributed by atoms with Gasteiger partial charge in [0.05, 0.1) is 18.1 Å². The molecule has 1 saturated heterocycles. The second-order valence-corrected chi connectivity index (χ2v) is 7.10. The SMILES string of the molecule is CCOc1ccccc1CNC1CCCS(=O)(=O)C1. The third-order valence-corrected chi connectivity index (χ3v) is 5.14. The molecule has 1 N–H and O–H groups in total. The predicted octanol–water partition coefficient (Wildman–Crippen LogP) is 1.75. The molecule has 106 valence electrons. The maximum atomic E-state index is 11.6. The Hall–Kier alpha value is -1.07. The summed E-state index contributed by atoms with van der Waals surface area (Å²) in [7, 11) is -2.85. The summed E-state index contributed by atoms with van der Waals surface area (Å²) in [5, 5.41) is 3.33. The fourth-order valence-electron chi connectivity index (χ4n) is 2.38. The zero-order valence-corrected chi connectivity index (χ0v) is 12.1. The van der Waals surface area contributed by atoms with Crippen LogP contribution in [0, 0.1) is 0 Å².